The lowest BCUT2D eigenvalue weighted by molar-refractivity contribution is 0.0874. The van der Waals surface area contributed by atoms with Crippen molar-refractivity contribution in [1.29, 1.82) is 0 Å². The molecule has 1 N–H and O–H groups in total. The topological polar surface area (TPSA) is 67.2 Å². The molecule has 2 aromatic rings. The molecule has 150 valence electrons. The molecule has 2 aliphatic rings. The summed E-state index contributed by atoms with van der Waals surface area (Å²) < 4.78 is 16.1. The third-order valence-electron chi connectivity index (χ3n) is 6.33. The van der Waals surface area contributed by atoms with E-state index in [0.717, 1.165) is 37.7 Å². The lowest BCUT2D eigenvalue weighted by atomic mass is 9.98. The van der Waals surface area contributed by atoms with Crippen LogP contribution in [0.25, 0.3) is 10.9 Å². The Bertz CT molecular complexity index is 973. The second kappa shape index (κ2) is 7.28. The molecule has 0 spiro atoms. The third kappa shape index (κ3) is 3.11. The Morgan fingerprint density at radius 2 is 1.96 bits per heavy atom. The van der Waals surface area contributed by atoms with Crippen LogP contribution in [0.1, 0.15) is 55.1 Å². The van der Waals surface area contributed by atoms with Gasteiger partial charge in [0.25, 0.3) is 5.91 Å². The summed E-state index contributed by atoms with van der Waals surface area (Å²) in [6.07, 6.45) is 4.82. The fourth-order valence-electron chi connectivity index (χ4n) is 4.86. The number of hydrogen-bond acceptors (Lipinski definition) is 4. The van der Waals surface area contributed by atoms with E-state index in [9.17, 15) is 14.0 Å². The van der Waals surface area contributed by atoms with Crippen molar-refractivity contribution in [3.8, 4) is 0 Å². The van der Waals surface area contributed by atoms with E-state index < -0.39 is 17.2 Å². The SMILES string of the molecule is CCCn1nc(C(=O)NC2CC3CCC(C2)N3C)c(=O)c2c(F)ccc(C)c21. The summed E-state index contributed by atoms with van der Waals surface area (Å²) in [5.74, 6) is -1.10. The zero-order valence-corrected chi connectivity index (χ0v) is 16.7. The summed E-state index contributed by atoms with van der Waals surface area (Å²) in [6, 6.07) is 3.90. The highest BCUT2D eigenvalue weighted by Gasteiger charge is 2.39. The first-order chi connectivity index (χ1) is 13.4. The average Bonchev–Trinajstić information content (AvgIpc) is 2.87. The Balaban J connectivity index is 1.70. The Labute approximate surface area is 163 Å². The second-order valence-electron chi connectivity index (χ2n) is 8.18. The lowest BCUT2D eigenvalue weighted by Gasteiger charge is -2.36. The Hall–Kier alpha value is -2.28. The van der Waals surface area contributed by atoms with Gasteiger partial charge in [0.1, 0.15) is 5.82 Å². The van der Waals surface area contributed by atoms with Gasteiger partial charge in [0.05, 0.1) is 10.9 Å². The summed E-state index contributed by atoms with van der Waals surface area (Å²) in [7, 11) is 2.14. The number of amides is 1. The molecule has 6 nitrogen and oxygen atoms in total. The molecule has 3 heterocycles. The molecule has 2 saturated heterocycles. The molecular formula is C21H27FN4O2. The lowest BCUT2D eigenvalue weighted by Crippen LogP contribution is -2.49. The van der Waals surface area contributed by atoms with Gasteiger partial charge in [-0.15, -0.1) is 0 Å². The molecule has 0 aliphatic carbocycles. The number of aryl methyl sites for hydroxylation is 2. The second-order valence-corrected chi connectivity index (χ2v) is 8.18. The number of hydrogen-bond donors (Lipinski definition) is 1. The molecule has 0 saturated carbocycles. The van der Waals surface area contributed by atoms with E-state index in [4.69, 9.17) is 0 Å². The van der Waals surface area contributed by atoms with Gasteiger partial charge in [-0.3, -0.25) is 14.3 Å². The van der Waals surface area contributed by atoms with Crippen LogP contribution in [-0.2, 0) is 6.54 Å². The number of fused-ring (bicyclic) bond motifs is 3. The highest BCUT2D eigenvalue weighted by Crippen LogP contribution is 2.34. The van der Waals surface area contributed by atoms with Gasteiger partial charge in [-0.05, 0) is 57.7 Å². The summed E-state index contributed by atoms with van der Waals surface area (Å²) in [6.45, 7) is 4.32. The number of carbonyl (C=O) groups is 1. The fourth-order valence-corrected chi connectivity index (χ4v) is 4.86. The molecular weight excluding hydrogens is 359 g/mol. The van der Waals surface area contributed by atoms with Crippen LogP contribution in [0.5, 0.6) is 0 Å². The van der Waals surface area contributed by atoms with Gasteiger partial charge in [0, 0.05) is 24.7 Å². The standard InChI is InChI=1S/C21H27FN4O2/c1-4-9-26-19-12(2)5-8-16(22)17(19)20(27)18(24-26)21(28)23-13-10-14-6-7-15(11-13)25(14)3/h5,8,13-15H,4,6-7,9-11H2,1-3H3,(H,23,28). The molecule has 4 rings (SSSR count). The van der Waals surface area contributed by atoms with E-state index in [2.05, 4.69) is 22.4 Å². The van der Waals surface area contributed by atoms with Gasteiger partial charge in [-0.2, -0.15) is 5.10 Å². The molecule has 28 heavy (non-hydrogen) atoms. The van der Waals surface area contributed by atoms with Crippen molar-refractivity contribution in [3.05, 3.63) is 39.4 Å². The maximum Gasteiger partial charge on any atom is 0.276 e. The summed E-state index contributed by atoms with van der Waals surface area (Å²) in [5, 5.41) is 7.30. The number of nitrogens with one attached hydrogen (secondary N) is 1. The molecule has 2 fully saturated rings. The average molecular weight is 386 g/mol. The van der Waals surface area contributed by atoms with Gasteiger partial charge in [0.2, 0.25) is 5.43 Å². The maximum atomic E-state index is 14.5. The number of piperidine rings is 1. The van der Waals surface area contributed by atoms with Crippen molar-refractivity contribution in [3.63, 3.8) is 0 Å². The predicted molar refractivity (Wildman–Crippen MR) is 106 cm³/mol. The summed E-state index contributed by atoms with van der Waals surface area (Å²) in [4.78, 5) is 28.3. The van der Waals surface area contributed by atoms with E-state index in [-0.39, 0.29) is 17.1 Å². The number of rotatable bonds is 4. The van der Waals surface area contributed by atoms with Crippen molar-refractivity contribution in [1.82, 2.24) is 20.0 Å². The van der Waals surface area contributed by atoms with Crippen molar-refractivity contribution in [2.45, 2.75) is 70.6 Å². The molecule has 2 atom stereocenters. The largest absolute Gasteiger partial charge is 0.348 e. The minimum absolute atomic E-state index is 0.0279. The monoisotopic (exact) mass is 386 g/mol. The first-order valence-electron chi connectivity index (χ1n) is 10.1. The summed E-state index contributed by atoms with van der Waals surface area (Å²) in [5.41, 5.74) is 0.405. The molecule has 7 heteroatoms. The smallest absolute Gasteiger partial charge is 0.276 e. The maximum absolute atomic E-state index is 14.5. The van der Waals surface area contributed by atoms with Gasteiger partial charge < -0.3 is 10.2 Å². The Kier molecular flexibility index (Phi) is 4.95. The van der Waals surface area contributed by atoms with Gasteiger partial charge in [-0.25, -0.2) is 4.39 Å². The minimum Gasteiger partial charge on any atom is -0.348 e. The van der Waals surface area contributed by atoms with Crippen LogP contribution in [0.2, 0.25) is 0 Å². The van der Waals surface area contributed by atoms with Crippen LogP contribution in [-0.4, -0.2) is 45.8 Å². The van der Waals surface area contributed by atoms with Crippen LogP contribution < -0.4 is 10.7 Å². The molecule has 2 bridgehead atoms. The van der Waals surface area contributed by atoms with Crippen molar-refractivity contribution >= 4 is 16.8 Å². The molecule has 2 unspecified atom stereocenters. The highest BCUT2D eigenvalue weighted by atomic mass is 19.1. The van der Waals surface area contributed by atoms with Crippen LogP contribution >= 0.6 is 0 Å². The molecule has 1 amide bonds. The quantitative estimate of drug-likeness (QED) is 0.877. The first-order valence-corrected chi connectivity index (χ1v) is 10.1. The van der Waals surface area contributed by atoms with Crippen molar-refractivity contribution < 1.29 is 9.18 Å². The number of carbonyl (C=O) groups excluding carboxylic acids is 1. The molecule has 2 aliphatic heterocycles. The zero-order valence-electron chi connectivity index (χ0n) is 16.7. The minimum atomic E-state index is -0.628. The normalized spacial score (nSPS) is 24.6. The van der Waals surface area contributed by atoms with E-state index in [1.807, 2.05) is 13.8 Å². The zero-order chi connectivity index (χ0) is 20.0. The number of benzene rings is 1. The van der Waals surface area contributed by atoms with Crippen LogP contribution in [0.15, 0.2) is 16.9 Å². The van der Waals surface area contributed by atoms with Crippen LogP contribution in [0.4, 0.5) is 4.39 Å². The van der Waals surface area contributed by atoms with Crippen LogP contribution in [0.3, 0.4) is 0 Å². The first kappa shape index (κ1) is 19.1. The molecule has 1 aromatic heterocycles. The van der Waals surface area contributed by atoms with Crippen molar-refractivity contribution in [2.75, 3.05) is 7.05 Å². The van der Waals surface area contributed by atoms with E-state index >= 15 is 0 Å². The van der Waals surface area contributed by atoms with Gasteiger partial charge in [0.15, 0.2) is 5.69 Å². The Morgan fingerprint density at radius 3 is 2.61 bits per heavy atom. The number of aromatic nitrogens is 2. The van der Waals surface area contributed by atoms with Crippen molar-refractivity contribution in [2.24, 2.45) is 0 Å². The van der Waals surface area contributed by atoms with Crippen LogP contribution in [0, 0.1) is 12.7 Å². The number of nitrogens with zero attached hydrogens (tertiary/aromatic N) is 3. The molecule has 0 radical (unpaired) electrons. The fraction of sp³-hybridized carbons (Fsp3) is 0.571. The number of halogens is 1. The van der Waals surface area contributed by atoms with E-state index in [0.29, 0.717) is 24.1 Å². The summed E-state index contributed by atoms with van der Waals surface area (Å²) >= 11 is 0. The van der Waals surface area contributed by atoms with E-state index in [1.54, 1.807) is 10.7 Å². The Morgan fingerprint density at radius 1 is 1.29 bits per heavy atom. The highest BCUT2D eigenvalue weighted by molar-refractivity contribution is 5.96. The van der Waals surface area contributed by atoms with Gasteiger partial charge >= 0.3 is 0 Å². The third-order valence-corrected chi connectivity index (χ3v) is 6.33. The predicted octanol–water partition coefficient (Wildman–Crippen LogP) is 2.61. The van der Waals surface area contributed by atoms with Gasteiger partial charge in [-0.1, -0.05) is 13.0 Å². The molecule has 1 aromatic carbocycles. The van der Waals surface area contributed by atoms with E-state index in [1.165, 1.54) is 6.07 Å².